The van der Waals surface area contributed by atoms with E-state index in [1.54, 1.807) is 0 Å². The lowest BCUT2D eigenvalue weighted by atomic mass is 9.96. The second-order valence-electron chi connectivity index (χ2n) is 5.24. The van der Waals surface area contributed by atoms with Crippen LogP contribution in [0.3, 0.4) is 0 Å². The average Bonchev–Trinajstić information content (AvgIpc) is 2.39. The quantitative estimate of drug-likeness (QED) is 0.830. The van der Waals surface area contributed by atoms with Crippen LogP contribution in [0.2, 0.25) is 0 Å². The summed E-state index contributed by atoms with van der Waals surface area (Å²) in [6, 6.07) is 0.278. The first-order valence-electron chi connectivity index (χ1n) is 6.85. The first-order chi connectivity index (χ1) is 8.22. The molecule has 0 aliphatic carbocycles. The summed E-state index contributed by atoms with van der Waals surface area (Å²) in [5, 5.41) is 3.32. The van der Waals surface area contributed by atoms with E-state index in [4.69, 9.17) is 4.74 Å². The molecule has 18 heavy (non-hydrogen) atoms. The van der Waals surface area contributed by atoms with Crippen LogP contribution in [-0.4, -0.2) is 49.2 Å². The van der Waals surface area contributed by atoms with Crippen LogP contribution in [-0.2, 0) is 9.53 Å². The highest BCUT2D eigenvalue weighted by molar-refractivity contribution is 5.85. The van der Waals surface area contributed by atoms with Gasteiger partial charge in [0.2, 0.25) is 5.91 Å². The molecule has 0 spiro atoms. The number of morpholine rings is 1. The molecule has 2 fully saturated rings. The maximum atomic E-state index is 12.5. The van der Waals surface area contributed by atoms with Gasteiger partial charge < -0.3 is 15.0 Å². The highest BCUT2D eigenvalue weighted by Gasteiger charge is 2.33. The summed E-state index contributed by atoms with van der Waals surface area (Å²) in [6.45, 7) is 7.54. The summed E-state index contributed by atoms with van der Waals surface area (Å²) in [7, 11) is 0. The molecule has 1 amide bonds. The van der Waals surface area contributed by atoms with Crippen molar-refractivity contribution < 1.29 is 9.53 Å². The Labute approximate surface area is 116 Å². The molecule has 5 heteroatoms. The van der Waals surface area contributed by atoms with E-state index in [-0.39, 0.29) is 30.5 Å². The molecule has 1 N–H and O–H groups in total. The third kappa shape index (κ3) is 3.59. The Morgan fingerprint density at radius 2 is 2.28 bits per heavy atom. The van der Waals surface area contributed by atoms with Gasteiger partial charge in [0.15, 0.2) is 0 Å². The molecule has 3 unspecified atom stereocenters. The number of hydrogen-bond donors (Lipinski definition) is 1. The normalized spacial score (nSPS) is 32.8. The minimum atomic E-state index is 0. The van der Waals surface area contributed by atoms with Crippen molar-refractivity contribution >= 4 is 18.3 Å². The molecule has 2 aliphatic heterocycles. The van der Waals surface area contributed by atoms with Gasteiger partial charge in [0.1, 0.15) is 0 Å². The lowest BCUT2D eigenvalue weighted by molar-refractivity contribution is -0.149. The summed E-state index contributed by atoms with van der Waals surface area (Å²) in [5.41, 5.74) is 0. The van der Waals surface area contributed by atoms with E-state index in [0.29, 0.717) is 12.5 Å². The first-order valence-corrected chi connectivity index (χ1v) is 6.85. The zero-order valence-corrected chi connectivity index (χ0v) is 12.2. The predicted molar refractivity (Wildman–Crippen MR) is 74.0 cm³/mol. The maximum absolute atomic E-state index is 12.5. The van der Waals surface area contributed by atoms with E-state index in [0.717, 1.165) is 38.9 Å². The molecular weight excluding hydrogens is 252 g/mol. The number of ether oxygens (including phenoxy) is 1. The van der Waals surface area contributed by atoms with Gasteiger partial charge in [-0.05, 0) is 32.7 Å². The molecule has 106 valence electrons. The number of halogens is 1. The van der Waals surface area contributed by atoms with Crippen molar-refractivity contribution in [3.63, 3.8) is 0 Å². The topological polar surface area (TPSA) is 41.6 Å². The zero-order valence-electron chi connectivity index (χ0n) is 11.4. The third-order valence-corrected chi connectivity index (χ3v) is 3.87. The van der Waals surface area contributed by atoms with Crippen LogP contribution in [0.5, 0.6) is 0 Å². The number of hydrogen-bond acceptors (Lipinski definition) is 3. The lowest BCUT2D eigenvalue weighted by Crippen LogP contribution is -2.54. The fraction of sp³-hybridized carbons (Fsp3) is 0.923. The van der Waals surface area contributed by atoms with Crippen molar-refractivity contribution in [3.8, 4) is 0 Å². The Balaban J connectivity index is 0.00000162. The molecule has 0 aromatic carbocycles. The molecule has 0 bridgehead atoms. The number of carbonyl (C=O) groups is 1. The highest BCUT2D eigenvalue weighted by atomic mass is 35.5. The average molecular weight is 277 g/mol. The fourth-order valence-electron chi connectivity index (χ4n) is 2.75. The number of piperidine rings is 1. The number of nitrogens with zero attached hydrogens (tertiary/aromatic N) is 1. The zero-order chi connectivity index (χ0) is 12.3. The van der Waals surface area contributed by atoms with Gasteiger partial charge in [-0.15, -0.1) is 12.4 Å². The van der Waals surface area contributed by atoms with Gasteiger partial charge in [0.25, 0.3) is 0 Å². The van der Waals surface area contributed by atoms with Gasteiger partial charge in [0.05, 0.1) is 24.7 Å². The largest absolute Gasteiger partial charge is 0.375 e. The standard InChI is InChI=1S/C13H24N2O2.ClH/c1-3-12-9-17-10(2)8-15(12)13(16)11-5-4-6-14-7-11;/h10-12,14H,3-9H2,1-2H3;1H. The summed E-state index contributed by atoms with van der Waals surface area (Å²) in [6.07, 6.45) is 3.32. The van der Waals surface area contributed by atoms with Crippen LogP contribution < -0.4 is 5.32 Å². The molecular formula is C13H25ClN2O2. The Morgan fingerprint density at radius 1 is 1.50 bits per heavy atom. The van der Waals surface area contributed by atoms with Crippen LogP contribution in [0.1, 0.15) is 33.1 Å². The van der Waals surface area contributed by atoms with Crippen LogP contribution in [0.15, 0.2) is 0 Å². The fourth-order valence-corrected chi connectivity index (χ4v) is 2.75. The van der Waals surface area contributed by atoms with Crippen LogP contribution in [0, 0.1) is 5.92 Å². The van der Waals surface area contributed by atoms with Crippen molar-refractivity contribution in [2.45, 2.75) is 45.3 Å². The van der Waals surface area contributed by atoms with E-state index >= 15 is 0 Å². The molecule has 2 heterocycles. The summed E-state index contributed by atoms with van der Waals surface area (Å²) < 4.78 is 5.64. The van der Waals surface area contributed by atoms with E-state index in [1.165, 1.54) is 0 Å². The molecule has 0 aromatic rings. The van der Waals surface area contributed by atoms with Gasteiger partial charge in [-0.3, -0.25) is 4.79 Å². The molecule has 0 radical (unpaired) electrons. The summed E-state index contributed by atoms with van der Waals surface area (Å²) >= 11 is 0. The predicted octanol–water partition coefficient (Wildman–Crippen LogP) is 1.43. The van der Waals surface area contributed by atoms with Crippen molar-refractivity contribution in [1.29, 1.82) is 0 Å². The molecule has 2 rings (SSSR count). The van der Waals surface area contributed by atoms with Crippen LogP contribution in [0.25, 0.3) is 0 Å². The monoisotopic (exact) mass is 276 g/mol. The van der Waals surface area contributed by atoms with Gasteiger partial charge in [-0.25, -0.2) is 0 Å². The van der Waals surface area contributed by atoms with Crippen LogP contribution >= 0.6 is 12.4 Å². The lowest BCUT2D eigenvalue weighted by Gasteiger charge is -2.40. The Morgan fingerprint density at radius 3 is 2.89 bits per heavy atom. The molecule has 0 aromatic heterocycles. The molecule has 3 atom stereocenters. The van der Waals surface area contributed by atoms with Gasteiger partial charge in [-0.2, -0.15) is 0 Å². The van der Waals surface area contributed by atoms with E-state index in [2.05, 4.69) is 17.1 Å². The van der Waals surface area contributed by atoms with E-state index < -0.39 is 0 Å². The third-order valence-electron chi connectivity index (χ3n) is 3.87. The minimum absolute atomic E-state index is 0. The number of carbonyl (C=O) groups excluding carboxylic acids is 1. The van der Waals surface area contributed by atoms with Crippen LogP contribution in [0.4, 0.5) is 0 Å². The Kier molecular flexibility index (Phi) is 6.39. The highest BCUT2D eigenvalue weighted by Crippen LogP contribution is 2.20. The molecule has 0 saturated carbocycles. The number of nitrogens with one attached hydrogen (secondary N) is 1. The SMILES string of the molecule is CCC1COC(C)CN1C(=O)C1CCCNC1.Cl. The second-order valence-corrected chi connectivity index (χ2v) is 5.24. The Bertz CT molecular complexity index is 270. The number of rotatable bonds is 2. The maximum Gasteiger partial charge on any atom is 0.227 e. The molecule has 2 saturated heterocycles. The summed E-state index contributed by atoms with van der Waals surface area (Å²) in [5.74, 6) is 0.516. The van der Waals surface area contributed by atoms with E-state index in [9.17, 15) is 4.79 Å². The van der Waals surface area contributed by atoms with Gasteiger partial charge in [0, 0.05) is 13.1 Å². The second kappa shape index (κ2) is 7.31. The minimum Gasteiger partial charge on any atom is -0.375 e. The Hall–Kier alpha value is -0.320. The van der Waals surface area contributed by atoms with E-state index in [1.807, 2.05) is 6.92 Å². The van der Waals surface area contributed by atoms with Gasteiger partial charge >= 0.3 is 0 Å². The first kappa shape index (κ1) is 15.7. The molecule has 4 nitrogen and oxygen atoms in total. The summed E-state index contributed by atoms with van der Waals surface area (Å²) in [4.78, 5) is 14.6. The van der Waals surface area contributed by atoms with Gasteiger partial charge in [-0.1, -0.05) is 6.92 Å². The van der Waals surface area contributed by atoms with Crippen molar-refractivity contribution in [2.75, 3.05) is 26.2 Å². The smallest absolute Gasteiger partial charge is 0.227 e. The number of amides is 1. The molecule has 2 aliphatic rings. The van der Waals surface area contributed by atoms with Crippen molar-refractivity contribution in [3.05, 3.63) is 0 Å². The van der Waals surface area contributed by atoms with Crippen molar-refractivity contribution in [1.82, 2.24) is 10.2 Å². The van der Waals surface area contributed by atoms with Crippen molar-refractivity contribution in [2.24, 2.45) is 5.92 Å².